The van der Waals surface area contributed by atoms with Gasteiger partial charge in [-0.2, -0.15) is 0 Å². The average Bonchev–Trinajstić information content (AvgIpc) is 2.55. The van der Waals surface area contributed by atoms with Gasteiger partial charge in [-0.1, -0.05) is 17.7 Å². The van der Waals surface area contributed by atoms with Gasteiger partial charge in [-0.3, -0.25) is 14.8 Å². The van der Waals surface area contributed by atoms with Crippen LogP contribution in [0.1, 0.15) is 5.56 Å². The van der Waals surface area contributed by atoms with Crippen molar-refractivity contribution in [2.45, 2.75) is 11.8 Å². The van der Waals surface area contributed by atoms with Gasteiger partial charge in [0.1, 0.15) is 11.5 Å². The Balaban J connectivity index is 2.53. The quantitative estimate of drug-likeness (QED) is 0.602. The molecular weight excluding hydrogens is 372 g/mol. The van der Waals surface area contributed by atoms with Gasteiger partial charge in [0.2, 0.25) is 0 Å². The van der Waals surface area contributed by atoms with Crippen LogP contribution in [0.25, 0.3) is 0 Å². The Morgan fingerprint density at radius 2 is 1.76 bits per heavy atom. The molecule has 0 aromatic heterocycles. The number of hydrogen-bond acceptors (Lipinski definition) is 6. The molecule has 2 aromatic rings. The van der Waals surface area contributed by atoms with Crippen LogP contribution in [-0.2, 0) is 10.0 Å². The summed E-state index contributed by atoms with van der Waals surface area (Å²) >= 11 is 5.99. The van der Waals surface area contributed by atoms with Crippen molar-refractivity contribution >= 4 is 33.0 Å². The van der Waals surface area contributed by atoms with Gasteiger partial charge in [0.05, 0.1) is 34.7 Å². The second kappa shape index (κ2) is 7.16. The van der Waals surface area contributed by atoms with Gasteiger partial charge in [0.15, 0.2) is 0 Å². The summed E-state index contributed by atoms with van der Waals surface area (Å²) in [5, 5.41) is 11.2. The molecule has 2 rings (SSSR count). The molecule has 134 valence electrons. The summed E-state index contributed by atoms with van der Waals surface area (Å²) in [6, 6.07) is 6.37. The minimum Gasteiger partial charge on any atom is -0.495 e. The zero-order chi connectivity index (χ0) is 18.8. The number of aryl methyl sites for hydroxylation is 1. The molecule has 0 saturated heterocycles. The lowest BCUT2D eigenvalue weighted by Gasteiger charge is -2.15. The van der Waals surface area contributed by atoms with Crippen molar-refractivity contribution in [1.29, 1.82) is 0 Å². The molecule has 0 fully saturated rings. The Bertz CT molecular complexity index is 930. The summed E-state index contributed by atoms with van der Waals surface area (Å²) in [5.41, 5.74) is 0.124. The van der Waals surface area contributed by atoms with Crippen LogP contribution < -0.4 is 14.2 Å². The number of nitro benzene ring substituents is 1. The molecule has 8 nitrogen and oxygen atoms in total. The van der Waals surface area contributed by atoms with Gasteiger partial charge in [-0.25, -0.2) is 8.42 Å². The maximum atomic E-state index is 12.7. The van der Waals surface area contributed by atoms with E-state index in [2.05, 4.69) is 4.72 Å². The van der Waals surface area contributed by atoms with Crippen LogP contribution in [0.4, 0.5) is 11.4 Å². The molecular formula is C15H15ClN2O6S. The van der Waals surface area contributed by atoms with E-state index in [1.54, 1.807) is 0 Å². The predicted molar refractivity (Wildman–Crippen MR) is 93.2 cm³/mol. The van der Waals surface area contributed by atoms with Crippen molar-refractivity contribution in [3.8, 4) is 11.5 Å². The van der Waals surface area contributed by atoms with Gasteiger partial charge in [-0.15, -0.1) is 0 Å². The van der Waals surface area contributed by atoms with Gasteiger partial charge < -0.3 is 9.47 Å². The number of rotatable bonds is 6. The summed E-state index contributed by atoms with van der Waals surface area (Å²) in [7, 11) is -1.36. The lowest BCUT2D eigenvalue weighted by atomic mass is 10.2. The molecule has 0 aliphatic heterocycles. The van der Waals surface area contributed by atoms with Crippen molar-refractivity contribution in [2.24, 2.45) is 0 Å². The standard InChI is InChI=1S/C15H15ClN2O6S/c1-9-4-5-10(18(19)20)6-15(9)25(21,22)17-12-8-13(23-2)11(16)7-14(12)24-3/h4-8,17H,1-3H3. The van der Waals surface area contributed by atoms with E-state index < -0.39 is 14.9 Å². The van der Waals surface area contributed by atoms with E-state index in [4.69, 9.17) is 21.1 Å². The molecule has 10 heteroatoms. The first kappa shape index (κ1) is 18.8. The second-order valence-electron chi connectivity index (χ2n) is 5.00. The summed E-state index contributed by atoms with van der Waals surface area (Å²) in [6.07, 6.45) is 0. The Hall–Kier alpha value is -2.52. The third-order valence-corrected chi connectivity index (χ3v) is 5.19. The first-order chi connectivity index (χ1) is 11.7. The van der Waals surface area contributed by atoms with Crippen molar-refractivity contribution in [2.75, 3.05) is 18.9 Å². The van der Waals surface area contributed by atoms with Crippen LogP contribution in [0.15, 0.2) is 35.2 Å². The van der Waals surface area contributed by atoms with Crippen LogP contribution in [0, 0.1) is 17.0 Å². The van der Waals surface area contributed by atoms with Crippen LogP contribution in [-0.4, -0.2) is 27.6 Å². The third-order valence-electron chi connectivity index (χ3n) is 3.39. The van der Waals surface area contributed by atoms with Crippen LogP contribution >= 0.6 is 11.6 Å². The number of methoxy groups -OCH3 is 2. The minimum absolute atomic E-state index is 0.0923. The summed E-state index contributed by atoms with van der Waals surface area (Å²) in [6.45, 7) is 1.54. The van der Waals surface area contributed by atoms with Crippen LogP contribution in [0.5, 0.6) is 11.5 Å². The van der Waals surface area contributed by atoms with Gasteiger partial charge >= 0.3 is 0 Å². The number of nitro groups is 1. The van der Waals surface area contributed by atoms with Crippen molar-refractivity contribution in [3.05, 3.63) is 51.0 Å². The number of benzene rings is 2. The lowest BCUT2D eigenvalue weighted by Crippen LogP contribution is -2.15. The Kier molecular flexibility index (Phi) is 5.39. The second-order valence-corrected chi connectivity index (χ2v) is 7.06. The van der Waals surface area contributed by atoms with E-state index in [0.29, 0.717) is 5.56 Å². The summed E-state index contributed by atoms with van der Waals surface area (Å²) in [5.74, 6) is 0.424. The molecule has 0 saturated carbocycles. The number of anilines is 1. The van der Waals surface area contributed by atoms with E-state index in [-0.39, 0.29) is 32.8 Å². The number of sulfonamides is 1. The van der Waals surface area contributed by atoms with E-state index in [1.807, 2.05) is 0 Å². The fourth-order valence-electron chi connectivity index (χ4n) is 2.13. The van der Waals surface area contributed by atoms with E-state index >= 15 is 0 Å². The molecule has 25 heavy (non-hydrogen) atoms. The molecule has 0 unspecified atom stereocenters. The number of hydrogen-bond donors (Lipinski definition) is 1. The van der Waals surface area contributed by atoms with E-state index in [9.17, 15) is 18.5 Å². The molecule has 1 N–H and O–H groups in total. The van der Waals surface area contributed by atoms with Gasteiger partial charge in [0, 0.05) is 24.3 Å². The Labute approximate surface area is 149 Å². The fraction of sp³-hybridized carbons (Fsp3) is 0.200. The zero-order valence-electron chi connectivity index (χ0n) is 13.6. The maximum absolute atomic E-state index is 12.7. The molecule has 0 radical (unpaired) electrons. The molecule has 0 heterocycles. The zero-order valence-corrected chi connectivity index (χ0v) is 15.1. The number of nitrogens with zero attached hydrogens (tertiary/aromatic N) is 1. The third kappa shape index (κ3) is 3.94. The first-order valence-electron chi connectivity index (χ1n) is 6.89. The maximum Gasteiger partial charge on any atom is 0.270 e. The molecule has 0 aliphatic carbocycles. The number of nitrogens with one attached hydrogen (secondary N) is 1. The molecule has 0 bridgehead atoms. The Morgan fingerprint density at radius 1 is 1.12 bits per heavy atom. The highest BCUT2D eigenvalue weighted by molar-refractivity contribution is 7.92. The van der Waals surface area contributed by atoms with Gasteiger partial charge in [-0.05, 0) is 12.5 Å². The summed E-state index contributed by atoms with van der Waals surface area (Å²) < 4.78 is 37.9. The fourth-order valence-corrected chi connectivity index (χ4v) is 3.69. The normalized spacial score (nSPS) is 11.0. The Morgan fingerprint density at radius 3 is 2.32 bits per heavy atom. The monoisotopic (exact) mass is 386 g/mol. The topological polar surface area (TPSA) is 108 Å². The van der Waals surface area contributed by atoms with Crippen molar-refractivity contribution in [1.82, 2.24) is 0 Å². The molecule has 0 atom stereocenters. The molecule has 2 aromatic carbocycles. The smallest absolute Gasteiger partial charge is 0.270 e. The highest BCUT2D eigenvalue weighted by Crippen LogP contribution is 2.37. The van der Waals surface area contributed by atoms with Crippen LogP contribution in [0.2, 0.25) is 5.02 Å². The predicted octanol–water partition coefficient (Wildman–Crippen LogP) is 3.37. The first-order valence-corrected chi connectivity index (χ1v) is 8.75. The molecule has 0 spiro atoms. The number of non-ortho nitro benzene ring substituents is 1. The average molecular weight is 387 g/mol. The SMILES string of the molecule is COc1cc(NS(=O)(=O)c2cc([N+](=O)[O-])ccc2C)c(OC)cc1Cl. The highest BCUT2D eigenvalue weighted by atomic mass is 35.5. The van der Waals surface area contributed by atoms with Crippen molar-refractivity contribution < 1.29 is 22.8 Å². The minimum atomic E-state index is -4.10. The molecule has 0 aliphatic rings. The highest BCUT2D eigenvalue weighted by Gasteiger charge is 2.23. The summed E-state index contributed by atoms with van der Waals surface area (Å²) in [4.78, 5) is 10.0. The number of ether oxygens (including phenoxy) is 2. The van der Waals surface area contributed by atoms with Crippen LogP contribution in [0.3, 0.4) is 0 Å². The lowest BCUT2D eigenvalue weighted by molar-refractivity contribution is -0.385. The number of halogens is 1. The molecule has 0 amide bonds. The van der Waals surface area contributed by atoms with E-state index in [1.165, 1.54) is 45.4 Å². The largest absolute Gasteiger partial charge is 0.495 e. The van der Waals surface area contributed by atoms with Crippen molar-refractivity contribution in [3.63, 3.8) is 0 Å². The van der Waals surface area contributed by atoms with Gasteiger partial charge in [0.25, 0.3) is 15.7 Å². The van der Waals surface area contributed by atoms with E-state index in [0.717, 1.165) is 6.07 Å².